The summed E-state index contributed by atoms with van der Waals surface area (Å²) < 4.78 is 11.8. The van der Waals surface area contributed by atoms with E-state index in [1.807, 2.05) is 5.32 Å². The van der Waals surface area contributed by atoms with Crippen molar-refractivity contribution in [2.45, 2.75) is 10.3 Å². The fraction of sp³-hybridized carbons (Fsp3) is 0.111. The van der Waals surface area contributed by atoms with Crippen molar-refractivity contribution < 1.29 is 14.1 Å². The Kier molecular flexibility index (Phi) is 2.61. The number of amides is 3. The Morgan fingerprint density at radius 2 is 1.87 bits per heavy atom. The van der Waals surface area contributed by atoms with Gasteiger partial charge in [0.25, 0.3) is 5.37 Å². The van der Waals surface area contributed by atoms with Crippen molar-refractivity contribution in [2.75, 3.05) is 0 Å². The summed E-state index contributed by atoms with van der Waals surface area (Å²) in [6.07, 6.45) is 0. The third-order valence-corrected chi connectivity index (χ3v) is 3.42. The van der Waals surface area contributed by atoms with E-state index in [0.29, 0.717) is 4.90 Å². The molecule has 2 atom stereocenters. The van der Waals surface area contributed by atoms with Gasteiger partial charge in [-0.2, -0.15) is 0 Å². The molecule has 0 aromatic heterocycles. The Labute approximate surface area is 89.0 Å². The van der Waals surface area contributed by atoms with Crippen LogP contribution in [-0.4, -0.2) is 21.9 Å². The van der Waals surface area contributed by atoms with Gasteiger partial charge in [0, 0.05) is 11.2 Å². The van der Waals surface area contributed by atoms with Gasteiger partial charge in [0.1, 0.15) is 0 Å². The molecule has 2 rings (SSSR count). The van der Waals surface area contributed by atoms with Gasteiger partial charge in [0.15, 0.2) is 4.90 Å². The summed E-state index contributed by atoms with van der Waals surface area (Å²) in [6.45, 7) is 0. The molecule has 1 aromatic rings. The van der Waals surface area contributed by atoms with Crippen LogP contribution in [-0.2, 0) is 16.0 Å². The van der Waals surface area contributed by atoms with Crippen LogP contribution in [0.3, 0.4) is 0 Å². The van der Waals surface area contributed by atoms with Gasteiger partial charge in [-0.25, -0.2) is 4.79 Å². The number of rotatable bonds is 2. The number of hydrogen-bond donors (Lipinski definition) is 2. The summed E-state index contributed by atoms with van der Waals surface area (Å²) in [5, 5.41) is 3.35. The largest absolute Gasteiger partial charge is 0.609 e. The number of benzene rings is 1. The SMILES string of the molecule is O=C1NC(=O)C([S+]([O-])c2ccccc2)N1. The first-order valence-electron chi connectivity index (χ1n) is 4.25. The zero-order chi connectivity index (χ0) is 10.8. The first-order chi connectivity index (χ1) is 7.18. The second-order valence-corrected chi connectivity index (χ2v) is 4.49. The van der Waals surface area contributed by atoms with E-state index in [-0.39, 0.29) is 0 Å². The van der Waals surface area contributed by atoms with Gasteiger partial charge >= 0.3 is 11.9 Å². The molecular weight excluding hydrogens is 216 g/mol. The maximum Gasteiger partial charge on any atom is 0.325 e. The molecule has 1 aliphatic heterocycles. The second-order valence-electron chi connectivity index (χ2n) is 2.95. The van der Waals surface area contributed by atoms with Crippen molar-refractivity contribution >= 4 is 23.1 Å². The molecule has 1 aromatic carbocycles. The predicted molar refractivity (Wildman–Crippen MR) is 53.3 cm³/mol. The number of urea groups is 1. The van der Waals surface area contributed by atoms with Gasteiger partial charge in [-0.15, -0.1) is 0 Å². The van der Waals surface area contributed by atoms with Crippen LogP contribution in [0.15, 0.2) is 35.2 Å². The lowest BCUT2D eigenvalue weighted by atomic mass is 10.4. The summed E-state index contributed by atoms with van der Waals surface area (Å²) in [7, 11) is 0. The van der Waals surface area contributed by atoms with E-state index in [2.05, 4.69) is 5.32 Å². The summed E-state index contributed by atoms with van der Waals surface area (Å²) in [5.74, 6) is -0.554. The first kappa shape index (κ1) is 10.0. The minimum atomic E-state index is -1.55. The second kappa shape index (κ2) is 3.92. The molecule has 0 aliphatic carbocycles. The number of nitrogens with one attached hydrogen (secondary N) is 2. The fourth-order valence-corrected chi connectivity index (χ4v) is 2.40. The molecule has 2 unspecified atom stereocenters. The van der Waals surface area contributed by atoms with Gasteiger partial charge in [-0.3, -0.25) is 15.4 Å². The van der Waals surface area contributed by atoms with E-state index in [0.717, 1.165) is 0 Å². The molecule has 2 N–H and O–H groups in total. The highest BCUT2D eigenvalue weighted by atomic mass is 32.2. The monoisotopic (exact) mass is 224 g/mol. The van der Waals surface area contributed by atoms with Crippen LogP contribution in [0.1, 0.15) is 0 Å². The normalized spacial score (nSPS) is 22.1. The van der Waals surface area contributed by atoms with E-state index in [9.17, 15) is 14.1 Å². The summed E-state index contributed by atoms with van der Waals surface area (Å²) in [4.78, 5) is 22.5. The van der Waals surface area contributed by atoms with Crippen LogP contribution in [0, 0.1) is 0 Å². The highest BCUT2D eigenvalue weighted by Crippen LogP contribution is 2.15. The quantitative estimate of drug-likeness (QED) is 0.546. The maximum absolute atomic E-state index is 11.8. The van der Waals surface area contributed by atoms with Gasteiger partial charge < -0.3 is 4.55 Å². The van der Waals surface area contributed by atoms with E-state index >= 15 is 0 Å². The van der Waals surface area contributed by atoms with Crippen LogP contribution in [0.25, 0.3) is 0 Å². The van der Waals surface area contributed by atoms with Gasteiger partial charge in [-0.1, -0.05) is 18.2 Å². The lowest BCUT2D eigenvalue weighted by Gasteiger charge is -2.13. The molecule has 3 amide bonds. The van der Waals surface area contributed by atoms with E-state index in [1.54, 1.807) is 30.3 Å². The molecule has 1 saturated heterocycles. The Morgan fingerprint density at radius 1 is 1.20 bits per heavy atom. The lowest BCUT2D eigenvalue weighted by molar-refractivity contribution is -0.118. The highest BCUT2D eigenvalue weighted by Gasteiger charge is 2.40. The Balaban J connectivity index is 2.18. The third-order valence-electron chi connectivity index (χ3n) is 1.93. The fourth-order valence-electron chi connectivity index (χ4n) is 1.24. The summed E-state index contributed by atoms with van der Waals surface area (Å²) >= 11 is -1.55. The van der Waals surface area contributed by atoms with Crippen LogP contribution < -0.4 is 10.6 Å². The predicted octanol–water partition coefficient (Wildman–Crippen LogP) is -0.0403. The zero-order valence-corrected chi connectivity index (χ0v) is 8.41. The molecule has 0 spiro atoms. The molecule has 0 radical (unpaired) electrons. The van der Waals surface area contributed by atoms with Gasteiger partial charge in [-0.05, 0) is 12.1 Å². The molecule has 6 heteroatoms. The van der Waals surface area contributed by atoms with Crippen LogP contribution in [0.2, 0.25) is 0 Å². The topological polar surface area (TPSA) is 81.3 Å². The minimum absolute atomic E-state index is 0.514. The molecule has 1 heterocycles. The van der Waals surface area contributed by atoms with Gasteiger partial charge in [0.2, 0.25) is 0 Å². The summed E-state index contributed by atoms with van der Waals surface area (Å²) in [6, 6.07) is 7.92. The lowest BCUT2D eigenvalue weighted by Crippen LogP contribution is -2.37. The average molecular weight is 224 g/mol. The van der Waals surface area contributed by atoms with Crippen LogP contribution in [0.4, 0.5) is 4.79 Å². The molecular formula is C9H8N2O3S. The number of carbonyl (C=O) groups is 2. The van der Waals surface area contributed by atoms with E-state index in [4.69, 9.17) is 0 Å². The Hall–Kier alpha value is -1.53. The average Bonchev–Trinajstić information content (AvgIpc) is 2.58. The molecule has 78 valence electrons. The van der Waals surface area contributed by atoms with Crippen molar-refractivity contribution in [3.63, 3.8) is 0 Å². The Morgan fingerprint density at radius 3 is 2.40 bits per heavy atom. The minimum Gasteiger partial charge on any atom is -0.609 e. The molecule has 15 heavy (non-hydrogen) atoms. The number of carbonyl (C=O) groups excluding carboxylic acids is 2. The van der Waals surface area contributed by atoms with Crippen molar-refractivity contribution in [1.82, 2.24) is 10.6 Å². The molecule has 0 saturated carbocycles. The summed E-state index contributed by atoms with van der Waals surface area (Å²) in [5.41, 5.74) is 0. The number of hydrogen-bond acceptors (Lipinski definition) is 3. The maximum atomic E-state index is 11.8. The van der Waals surface area contributed by atoms with E-state index < -0.39 is 28.5 Å². The van der Waals surface area contributed by atoms with Crippen molar-refractivity contribution in [2.24, 2.45) is 0 Å². The van der Waals surface area contributed by atoms with Crippen LogP contribution in [0.5, 0.6) is 0 Å². The third kappa shape index (κ3) is 1.95. The zero-order valence-electron chi connectivity index (χ0n) is 7.60. The molecule has 0 bridgehead atoms. The standard InChI is InChI=1S/C9H8N2O3S/c12-7-8(11-9(13)10-7)15(14)6-4-2-1-3-5-6/h1-5,8H,(H2,10,11,12,13). The highest BCUT2D eigenvalue weighted by molar-refractivity contribution is 7.92. The Bertz CT molecular complexity index is 396. The van der Waals surface area contributed by atoms with Crippen molar-refractivity contribution in [3.05, 3.63) is 30.3 Å². The first-order valence-corrected chi connectivity index (χ1v) is 5.47. The molecule has 1 aliphatic rings. The van der Waals surface area contributed by atoms with Crippen LogP contribution >= 0.6 is 0 Å². The van der Waals surface area contributed by atoms with Gasteiger partial charge in [0.05, 0.1) is 0 Å². The van der Waals surface area contributed by atoms with E-state index in [1.165, 1.54) is 0 Å². The van der Waals surface area contributed by atoms with Crippen molar-refractivity contribution in [3.8, 4) is 0 Å². The molecule has 5 nitrogen and oxygen atoms in total. The smallest absolute Gasteiger partial charge is 0.325 e. The molecule has 1 fully saturated rings. The van der Waals surface area contributed by atoms with Crippen molar-refractivity contribution in [1.29, 1.82) is 0 Å². The number of imide groups is 1.